The molecule has 0 unspecified atom stereocenters. The number of amides is 1. The zero-order valence-electron chi connectivity index (χ0n) is 16.9. The number of nitrogens with one attached hydrogen (secondary N) is 1. The molecule has 1 amide bonds. The molecule has 0 fully saturated rings. The monoisotopic (exact) mass is 432 g/mol. The predicted octanol–water partition coefficient (Wildman–Crippen LogP) is 4.06. The van der Waals surface area contributed by atoms with E-state index in [1.165, 1.54) is 25.3 Å². The summed E-state index contributed by atoms with van der Waals surface area (Å²) in [5.74, 6) is 0.984. The Morgan fingerprint density at radius 2 is 1.88 bits per heavy atom. The third-order valence-electron chi connectivity index (χ3n) is 4.86. The summed E-state index contributed by atoms with van der Waals surface area (Å²) in [7, 11) is 1.49. The molecule has 1 aliphatic rings. The van der Waals surface area contributed by atoms with Gasteiger partial charge in [-0.25, -0.2) is 9.07 Å². The van der Waals surface area contributed by atoms with E-state index in [2.05, 4.69) is 15.4 Å². The molecule has 1 aromatic heterocycles. The lowest BCUT2D eigenvalue weighted by atomic mass is 10.2. The van der Waals surface area contributed by atoms with Gasteiger partial charge in [-0.1, -0.05) is 6.07 Å². The molecular formula is C23H17FN4O4. The van der Waals surface area contributed by atoms with Gasteiger partial charge in [0.2, 0.25) is 6.79 Å². The van der Waals surface area contributed by atoms with E-state index in [0.29, 0.717) is 28.7 Å². The van der Waals surface area contributed by atoms with Crippen molar-refractivity contribution in [1.29, 1.82) is 0 Å². The molecule has 160 valence electrons. The Bertz CT molecular complexity index is 1300. The molecule has 1 aliphatic heterocycles. The first-order valence-electron chi connectivity index (χ1n) is 9.69. The Morgan fingerprint density at radius 1 is 1.06 bits per heavy atom. The number of ether oxygens (including phenoxy) is 3. The van der Waals surface area contributed by atoms with Crippen LogP contribution in [0.3, 0.4) is 0 Å². The summed E-state index contributed by atoms with van der Waals surface area (Å²) in [6.45, 7) is 0.178. The molecule has 9 heteroatoms. The van der Waals surface area contributed by atoms with Gasteiger partial charge in [-0.05, 0) is 60.7 Å². The van der Waals surface area contributed by atoms with Gasteiger partial charge in [-0.2, -0.15) is 4.98 Å². The Morgan fingerprint density at radius 3 is 2.66 bits per heavy atom. The molecule has 0 aliphatic carbocycles. The van der Waals surface area contributed by atoms with Crippen LogP contribution in [0.25, 0.3) is 17.1 Å². The van der Waals surface area contributed by atoms with Crippen molar-refractivity contribution in [2.24, 2.45) is 0 Å². The van der Waals surface area contributed by atoms with Gasteiger partial charge in [0.05, 0.1) is 12.8 Å². The normalized spacial score (nSPS) is 11.9. The highest BCUT2D eigenvalue weighted by atomic mass is 19.1. The fourth-order valence-corrected chi connectivity index (χ4v) is 3.30. The zero-order chi connectivity index (χ0) is 22.1. The number of benzene rings is 3. The molecule has 0 bridgehead atoms. The summed E-state index contributed by atoms with van der Waals surface area (Å²) in [5.41, 5.74) is 2.27. The van der Waals surface area contributed by atoms with E-state index < -0.39 is 11.7 Å². The molecule has 0 saturated heterocycles. The summed E-state index contributed by atoms with van der Waals surface area (Å²) < 4.78 is 31.1. The van der Waals surface area contributed by atoms with Crippen molar-refractivity contribution in [2.75, 3.05) is 19.2 Å². The Hall–Kier alpha value is -4.40. The summed E-state index contributed by atoms with van der Waals surface area (Å²) in [6.07, 6.45) is 0. The van der Waals surface area contributed by atoms with E-state index >= 15 is 0 Å². The van der Waals surface area contributed by atoms with Crippen LogP contribution >= 0.6 is 0 Å². The lowest BCUT2D eigenvalue weighted by molar-refractivity contribution is 0.102. The fourth-order valence-electron chi connectivity index (χ4n) is 3.30. The lowest BCUT2D eigenvalue weighted by Gasteiger charge is -2.09. The van der Waals surface area contributed by atoms with E-state index in [9.17, 15) is 9.18 Å². The Balaban J connectivity index is 1.43. The van der Waals surface area contributed by atoms with Gasteiger partial charge in [0, 0.05) is 16.8 Å². The largest absolute Gasteiger partial charge is 0.466 e. The number of rotatable bonds is 5. The highest BCUT2D eigenvalue weighted by Crippen LogP contribution is 2.36. The van der Waals surface area contributed by atoms with Gasteiger partial charge in [0.25, 0.3) is 5.91 Å². The van der Waals surface area contributed by atoms with Gasteiger partial charge >= 0.3 is 6.01 Å². The Kier molecular flexibility index (Phi) is 4.91. The van der Waals surface area contributed by atoms with E-state index in [4.69, 9.17) is 14.2 Å². The topological polar surface area (TPSA) is 87.5 Å². The maximum absolute atomic E-state index is 13.4. The van der Waals surface area contributed by atoms with Crippen molar-refractivity contribution < 1.29 is 23.4 Å². The molecule has 4 aromatic rings. The second-order valence-corrected chi connectivity index (χ2v) is 6.91. The maximum Gasteiger partial charge on any atom is 0.336 e. The van der Waals surface area contributed by atoms with Crippen LogP contribution in [-0.2, 0) is 0 Å². The number of fused-ring (bicyclic) bond motifs is 1. The average molecular weight is 432 g/mol. The lowest BCUT2D eigenvalue weighted by Crippen LogP contribution is -2.12. The smallest absolute Gasteiger partial charge is 0.336 e. The number of anilines is 1. The number of carbonyl (C=O) groups excluding carboxylic acids is 1. The van der Waals surface area contributed by atoms with Crippen molar-refractivity contribution in [1.82, 2.24) is 14.8 Å². The SMILES string of the molecule is COc1nc(-c2ccc3c(c2)OCO3)n(-c2ccc(NC(=O)c3cccc(F)c3)cc2)n1. The number of nitrogens with zero attached hydrogens (tertiary/aromatic N) is 3. The molecule has 5 rings (SSSR count). The van der Waals surface area contributed by atoms with Crippen molar-refractivity contribution in [3.8, 4) is 34.6 Å². The molecule has 0 saturated carbocycles. The van der Waals surface area contributed by atoms with Gasteiger partial charge < -0.3 is 19.5 Å². The van der Waals surface area contributed by atoms with Crippen LogP contribution in [-0.4, -0.2) is 34.6 Å². The minimum absolute atomic E-state index is 0.178. The van der Waals surface area contributed by atoms with Gasteiger partial charge in [-0.3, -0.25) is 4.79 Å². The number of carbonyl (C=O) groups is 1. The first-order valence-corrected chi connectivity index (χ1v) is 9.69. The van der Waals surface area contributed by atoms with Crippen LogP contribution < -0.4 is 19.5 Å². The van der Waals surface area contributed by atoms with E-state index in [1.807, 2.05) is 18.2 Å². The standard InChI is InChI=1S/C23H17FN4O4/c1-30-23-26-21(14-5-10-19-20(12-14)32-13-31-19)28(27-23)18-8-6-17(7-9-18)25-22(29)15-3-2-4-16(24)11-15/h2-12H,13H2,1H3,(H,25,29). The molecule has 32 heavy (non-hydrogen) atoms. The van der Waals surface area contributed by atoms with E-state index in [-0.39, 0.29) is 18.4 Å². The van der Waals surface area contributed by atoms with Gasteiger partial charge in [-0.15, -0.1) is 5.10 Å². The molecule has 3 aromatic carbocycles. The maximum atomic E-state index is 13.4. The molecule has 2 heterocycles. The van der Waals surface area contributed by atoms with E-state index in [1.54, 1.807) is 35.0 Å². The van der Waals surface area contributed by atoms with Crippen LogP contribution in [0.1, 0.15) is 10.4 Å². The third-order valence-corrected chi connectivity index (χ3v) is 4.86. The highest BCUT2D eigenvalue weighted by Gasteiger charge is 2.19. The van der Waals surface area contributed by atoms with Crippen molar-refractivity contribution >= 4 is 11.6 Å². The molecule has 0 radical (unpaired) electrons. The number of aromatic nitrogens is 3. The van der Waals surface area contributed by atoms with Crippen LogP contribution in [0.5, 0.6) is 17.5 Å². The van der Waals surface area contributed by atoms with Crippen molar-refractivity contribution in [3.05, 3.63) is 78.1 Å². The quantitative estimate of drug-likeness (QED) is 0.512. The highest BCUT2D eigenvalue weighted by molar-refractivity contribution is 6.04. The van der Waals surface area contributed by atoms with E-state index in [0.717, 1.165) is 5.56 Å². The molecule has 1 N–H and O–H groups in total. The first kappa shape index (κ1) is 19.6. The first-order chi connectivity index (χ1) is 15.6. The number of hydrogen-bond acceptors (Lipinski definition) is 6. The van der Waals surface area contributed by atoms with Gasteiger partial charge in [0.1, 0.15) is 5.82 Å². The number of halogens is 1. The summed E-state index contributed by atoms with van der Waals surface area (Å²) in [4.78, 5) is 16.8. The third kappa shape index (κ3) is 3.71. The molecule has 0 spiro atoms. The van der Waals surface area contributed by atoms with Crippen LogP contribution in [0, 0.1) is 5.82 Å². The Labute approximate surface area is 182 Å². The van der Waals surface area contributed by atoms with Crippen LogP contribution in [0.2, 0.25) is 0 Å². The van der Waals surface area contributed by atoms with Crippen molar-refractivity contribution in [3.63, 3.8) is 0 Å². The average Bonchev–Trinajstić information content (AvgIpc) is 3.46. The summed E-state index contributed by atoms with van der Waals surface area (Å²) in [6, 6.07) is 18.2. The minimum Gasteiger partial charge on any atom is -0.466 e. The molecular weight excluding hydrogens is 415 g/mol. The van der Waals surface area contributed by atoms with Crippen LogP contribution in [0.15, 0.2) is 66.7 Å². The van der Waals surface area contributed by atoms with Gasteiger partial charge in [0.15, 0.2) is 17.3 Å². The number of methoxy groups -OCH3 is 1. The zero-order valence-corrected chi connectivity index (χ0v) is 16.9. The van der Waals surface area contributed by atoms with Crippen molar-refractivity contribution in [2.45, 2.75) is 0 Å². The summed E-state index contributed by atoms with van der Waals surface area (Å²) in [5, 5.41) is 7.15. The fraction of sp³-hybridized carbons (Fsp3) is 0.0870. The van der Waals surface area contributed by atoms with Crippen LogP contribution in [0.4, 0.5) is 10.1 Å². The minimum atomic E-state index is -0.468. The summed E-state index contributed by atoms with van der Waals surface area (Å²) >= 11 is 0. The molecule has 0 atom stereocenters. The molecule has 8 nitrogen and oxygen atoms in total. The second-order valence-electron chi connectivity index (χ2n) is 6.91. The second kappa shape index (κ2) is 8.03. The predicted molar refractivity (Wildman–Crippen MR) is 114 cm³/mol. The number of hydrogen-bond donors (Lipinski definition) is 1.